The molecule has 1 saturated heterocycles. The van der Waals surface area contributed by atoms with Gasteiger partial charge in [0.2, 0.25) is 0 Å². The van der Waals surface area contributed by atoms with Crippen molar-refractivity contribution in [3.05, 3.63) is 109 Å². The van der Waals surface area contributed by atoms with Crippen LogP contribution in [0.5, 0.6) is 5.75 Å². The Hall–Kier alpha value is -4.41. The van der Waals surface area contributed by atoms with Gasteiger partial charge in [-0.3, -0.25) is 9.36 Å². The molecule has 10 heteroatoms. The fourth-order valence-electron chi connectivity index (χ4n) is 5.07. The molecule has 4 aromatic rings. The molecule has 9 nitrogen and oxygen atoms in total. The number of benzene rings is 2. The molecule has 0 amide bonds. The number of fused-ring (bicyclic) bond motifs is 1. The number of esters is 1. The van der Waals surface area contributed by atoms with Gasteiger partial charge in [-0.25, -0.2) is 9.79 Å². The summed E-state index contributed by atoms with van der Waals surface area (Å²) >= 11 is 1.25. The number of methoxy groups -OCH3 is 1. The average molecular weight is 572 g/mol. The van der Waals surface area contributed by atoms with Crippen LogP contribution in [0.2, 0.25) is 0 Å². The molecule has 0 unspecified atom stereocenters. The molecule has 1 atom stereocenters. The summed E-state index contributed by atoms with van der Waals surface area (Å²) in [6, 6.07) is 19.8. The molecule has 6 rings (SSSR count). The number of furan rings is 1. The van der Waals surface area contributed by atoms with Gasteiger partial charge >= 0.3 is 5.97 Å². The number of thiazole rings is 1. The van der Waals surface area contributed by atoms with Crippen molar-refractivity contribution in [2.45, 2.75) is 13.0 Å². The zero-order valence-electron chi connectivity index (χ0n) is 22.7. The van der Waals surface area contributed by atoms with E-state index in [2.05, 4.69) is 4.90 Å². The van der Waals surface area contributed by atoms with E-state index >= 15 is 0 Å². The Morgan fingerprint density at radius 2 is 1.90 bits per heavy atom. The molecule has 210 valence electrons. The number of nitrogens with zero attached hydrogens (tertiary/aromatic N) is 3. The summed E-state index contributed by atoms with van der Waals surface area (Å²) in [7, 11) is 1.58. The van der Waals surface area contributed by atoms with Crippen molar-refractivity contribution in [3.8, 4) is 5.75 Å². The Morgan fingerprint density at radius 1 is 1.10 bits per heavy atom. The number of hydrogen-bond acceptors (Lipinski definition) is 9. The molecule has 0 spiro atoms. The minimum Gasteiger partial charge on any atom is -0.497 e. The fourth-order valence-corrected chi connectivity index (χ4v) is 6.05. The highest BCUT2D eigenvalue weighted by molar-refractivity contribution is 7.07. The predicted octanol–water partition coefficient (Wildman–Crippen LogP) is 3.37. The first-order valence-corrected chi connectivity index (χ1v) is 14.2. The Kier molecular flexibility index (Phi) is 7.58. The first-order valence-electron chi connectivity index (χ1n) is 13.4. The van der Waals surface area contributed by atoms with E-state index in [1.807, 2.05) is 66.7 Å². The summed E-state index contributed by atoms with van der Waals surface area (Å²) in [5.74, 6) is 1.37. The maximum atomic E-state index is 14.0. The van der Waals surface area contributed by atoms with E-state index in [0.717, 1.165) is 24.5 Å². The van der Waals surface area contributed by atoms with Crippen LogP contribution in [0.3, 0.4) is 0 Å². The number of hydrogen-bond donors (Lipinski definition) is 0. The summed E-state index contributed by atoms with van der Waals surface area (Å²) in [6.45, 7) is 4.72. The molecule has 2 aliphatic rings. The van der Waals surface area contributed by atoms with Crippen molar-refractivity contribution in [2.75, 3.05) is 44.9 Å². The van der Waals surface area contributed by atoms with E-state index in [1.165, 1.54) is 11.3 Å². The van der Waals surface area contributed by atoms with Crippen LogP contribution in [0.1, 0.15) is 29.9 Å². The van der Waals surface area contributed by atoms with Gasteiger partial charge in [-0.15, -0.1) is 0 Å². The highest BCUT2D eigenvalue weighted by atomic mass is 32.1. The molecule has 0 bridgehead atoms. The van der Waals surface area contributed by atoms with Gasteiger partial charge < -0.3 is 23.5 Å². The molecule has 2 aliphatic heterocycles. The van der Waals surface area contributed by atoms with Gasteiger partial charge in [0.25, 0.3) is 5.56 Å². The second kappa shape index (κ2) is 11.6. The van der Waals surface area contributed by atoms with Crippen molar-refractivity contribution in [1.82, 2.24) is 4.57 Å². The van der Waals surface area contributed by atoms with Gasteiger partial charge in [0.05, 0.1) is 48.8 Å². The number of aromatic nitrogens is 1. The van der Waals surface area contributed by atoms with Crippen molar-refractivity contribution in [1.29, 1.82) is 0 Å². The van der Waals surface area contributed by atoms with E-state index in [0.29, 0.717) is 45.3 Å². The first-order chi connectivity index (χ1) is 20.1. The molecule has 2 aromatic carbocycles. The molecule has 4 heterocycles. The molecule has 0 N–H and O–H groups in total. The highest BCUT2D eigenvalue weighted by Crippen LogP contribution is 2.36. The SMILES string of the molecule is CCOC(=O)C1=C(c2ccccc2)N=c2sc(=Cc3ccc(N4CCOCC4)o3)c(=O)n2[C@H]1c1cccc(OC)c1. The highest BCUT2D eigenvalue weighted by Gasteiger charge is 2.35. The van der Waals surface area contributed by atoms with E-state index in [9.17, 15) is 9.59 Å². The molecule has 0 radical (unpaired) electrons. The third kappa shape index (κ3) is 5.23. The van der Waals surface area contributed by atoms with Crippen LogP contribution in [-0.2, 0) is 14.3 Å². The van der Waals surface area contributed by atoms with Crippen molar-refractivity contribution < 1.29 is 23.4 Å². The normalized spacial score (nSPS) is 17.3. The van der Waals surface area contributed by atoms with Crippen molar-refractivity contribution in [3.63, 3.8) is 0 Å². The van der Waals surface area contributed by atoms with Crippen molar-refractivity contribution >= 4 is 35.0 Å². The van der Waals surface area contributed by atoms with E-state index in [1.54, 1.807) is 24.7 Å². The number of morpholine rings is 1. The molecule has 2 aromatic heterocycles. The van der Waals surface area contributed by atoms with Gasteiger partial charge in [0.15, 0.2) is 10.7 Å². The average Bonchev–Trinajstić information content (AvgIpc) is 3.61. The Labute approximate surface area is 240 Å². The molecule has 0 aliphatic carbocycles. The maximum absolute atomic E-state index is 14.0. The third-order valence-corrected chi connectivity index (χ3v) is 7.97. The topological polar surface area (TPSA) is 95.5 Å². The fraction of sp³-hybridized carbons (Fsp3) is 0.258. The first kappa shape index (κ1) is 26.8. The summed E-state index contributed by atoms with van der Waals surface area (Å²) < 4.78 is 24.5. The summed E-state index contributed by atoms with van der Waals surface area (Å²) in [5.41, 5.74) is 1.94. The van der Waals surface area contributed by atoms with Crippen LogP contribution in [0.25, 0.3) is 11.8 Å². The molecule has 0 saturated carbocycles. The van der Waals surface area contributed by atoms with Crippen LogP contribution in [-0.4, -0.2) is 50.6 Å². The number of carbonyl (C=O) groups excluding carboxylic acids is 1. The molecule has 1 fully saturated rings. The van der Waals surface area contributed by atoms with E-state index < -0.39 is 12.0 Å². The number of ether oxygens (including phenoxy) is 3. The lowest BCUT2D eigenvalue weighted by molar-refractivity contribution is -0.138. The third-order valence-electron chi connectivity index (χ3n) is 6.99. The minimum absolute atomic E-state index is 0.184. The lowest BCUT2D eigenvalue weighted by atomic mass is 9.93. The molecular weight excluding hydrogens is 542 g/mol. The van der Waals surface area contributed by atoms with Gasteiger partial charge in [0, 0.05) is 30.8 Å². The van der Waals surface area contributed by atoms with Crippen molar-refractivity contribution in [2.24, 2.45) is 4.99 Å². The zero-order chi connectivity index (χ0) is 28.3. The van der Waals surface area contributed by atoms with Crippen LogP contribution >= 0.6 is 11.3 Å². The Balaban J connectivity index is 1.55. The van der Waals surface area contributed by atoms with Gasteiger partial charge in [-0.05, 0) is 30.7 Å². The van der Waals surface area contributed by atoms with E-state index in [4.69, 9.17) is 23.6 Å². The monoisotopic (exact) mass is 571 g/mol. The second-order valence-corrected chi connectivity index (χ2v) is 10.5. The van der Waals surface area contributed by atoms with Gasteiger partial charge in [-0.1, -0.05) is 53.8 Å². The zero-order valence-corrected chi connectivity index (χ0v) is 23.6. The van der Waals surface area contributed by atoms with E-state index in [-0.39, 0.29) is 17.7 Å². The number of carbonyl (C=O) groups is 1. The number of rotatable bonds is 7. The number of anilines is 1. The standard InChI is InChI=1S/C31H29N3O6S/c1-3-39-30(36)26-27(20-8-5-4-6-9-20)32-31-34(28(26)21-10-7-11-22(18-21)37-2)29(35)24(41-31)19-23-12-13-25(40-23)33-14-16-38-17-15-33/h4-13,18-19,28H,3,14-17H2,1-2H3/t28-/m0/s1. The molecular formula is C31H29N3O6S. The maximum Gasteiger partial charge on any atom is 0.338 e. The lowest BCUT2D eigenvalue weighted by Gasteiger charge is -2.26. The Morgan fingerprint density at radius 3 is 2.66 bits per heavy atom. The quantitative estimate of drug-likeness (QED) is 0.314. The summed E-state index contributed by atoms with van der Waals surface area (Å²) in [5, 5.41) is 0. The van der Waals surface area contributed by atoms with Gasteiger partial charge in [0.1, 0.15) is 11.5 Å². The Bertz CT molecular complexity index is 1780. The lowest BCUT2D eigenvalue weighted by Crippen LogP contribution is -2.40. The summed E-state index contributed by atoms with van der Waals surface area (Å²) in [6.07, 6.45) is 1.73. The van der Waals surface area contributed by atoms with Crippen LogP contribution < -0.4 is 24.5 Å². The van der Waals surface area contributed by atoms with Gasteiger partial charge in [-0.2, -0.15) is 0 Å². The van der Waals surface area contributed by atoms with Crippen LogP contribution in [0, 0.1) is 0 Å². The second-order valence-electron chi connectivity index (χ2n) is 9.48. The smallest absolute Gasteiger partial charge is 0.338 e. The molecule has 41 heavy (non-hydrogen) atoms. The summed E-state index contributed by atoms with van der Waals surface area (Å²) in [4.78, 5) is 35.1. The predicted molar refractivity (Wildman–Crippen MR) is 156 cm³/mol. The largest absolute Gasteiger partial charge is 0.497 e. The minimum atomic E-state index is -0.779. The van der Waals surface area contributed by atoms with Crippen LogP contribution in [0.15, 0.2) is 86.5 Å². The van der Waals surface area contributed by atoms with Crippen LogP contribution in [0.4, 0.5) is 5.88 Å².